The molecule has 4 rings (SSSR count). The van der Waals surface area contributed by atoms with E-state index in [9.17, 15) is 10.1 Å². The fraction of sp³-hybridized carbons (Fsp3) is 0.385. The largest absolute Gasteiger partial charge is 0.384 e. The maximum Gasteiger partial charge on any atom is 0.162 e. The molecule has 0 saturated heterocycles. The van der Waals surface area contributed by atoms with Crippen molar-refractivity contribution in [2.45, 2.75) is 57.1 Å². The molecule has 0 fully saturated rings. The van der Waals surface area contributed by atoms with Crippen LogP contribution in [0, 0.1) is 16.7 Å². The van der Waals surface area contributed by atoms with Crippen LogP contribution in [0.3, 0.4) is 0 Å². The standard InChI is InChI=1S/C26H29N3OS2/c1-5-17-12-18(25(32-17)31-6-2)22-19(15-27)24(28)29(16-10-8-7-9-11-16)20-13-26(3,4)14-21(30)23(20)22/h7-12,22H,5-6,13-14,28H2,1-4H3/t22-/m1/s1. The molecule has 2 heterocycles. The lowest BCUT2D eigenvalue weighted by Crippen LogP contribution is -2.42. The van der Waals surface area contributed by atoms with Crippen LogP contribution in [0.25, 0.3) is 0 Å². The number of thiophene rings is 1. The Morgan fingerprint density at radius 3 is 2.59 bits per heavy atom. The number of benzene rings is 1. The van der Waals surface area contributed by atoms with Crippen molar-refractivity contribution in [3.8, 4) is 6.07 Å². The molecule has 166 valence electrons. The second-order valence-corrected chi connectivity index (χ2v) is 11.7. The number of anilines is 1. The summed E-state index contributed by atoms with van der Waals surface area (Å²) in [6.07, 6.45) is 2.14. The zero-order valence-corrected chi connectivity index (χ0v) is 20.7. The Hall–Kier alpha value is -2.49. The van der Waals surface area contributed by atoms with E-state index in [0.717, 1.165) is 41.1 Å². The number of ketones is 1. The van der Waals surface area contributed by atoms with Crippen molar-refractivity contribution in [3.63, 3.8) is 0 Å². The van der Waals surface area contributed by atoms with E-state index in [0.29, 0.717) is 17.8 Å². The predicted molar refractivity (Wildman–Crippen MR) is 134 cm³/mol. The number of carbonyl (C=O) groups is 1. The van der Waals surface area contributed by atoms with Crippen LogP contribution in [0.1, 0.15) is 56.9 Å². The van der Waals surface area contributed by atoms with E-state index < -0.39 is 5.92 Å². The van der Waals surface area contributed by atoms with Crippen molar-refractivity contribution in [1.29, 1.82) is 5.26 Å². The van der Waals surface area contributed by atoms with E-state index in [2.05, 4.69) is 39.8 Å². The zero-order valence-electron chi connectivity index (χ0n) is 19.1. The van der Waals surface area contributed by atoms with Crippen molar-refractivity contribution >= 4 is 34.6 Å². The van der Waals surface area contributed by atoms with Crippen LogP contribution >= 0.6 is 23.1 Å². The topological polar surface area (TPSA) is 70.1 Å². The van der Waals surface area contributed by atoms with Gasteiger partial charge in [-0.25, -0.2) is 0 Å². The normalized spacial score (nSPS) is 20.4. The van der Waals surface area contributed by atoms with Gasteiger partial charge in [0.15, 0.2) is 5.78 Å². The van der Waals surface area contributed by atoms with Gasteiger partial charge in [-0.15, -0.1) is 23.1 Å². The first-order chi connectivity index (χ1) is 15.3. The molecule has 1 aliphatic heterocycles. The number of hydrogen-bond acceptors (Lipinski definition) is 6. The minimum atomic E-state index is -0.399. The van der Waals surface area contributed by atoms with Crippen LogP contribution in [0.4, 0.5) is 5.69 Å². The van der Waals surface area contributed by atoms with Crippen molar-refractivity contribution in [3.05, 3.63) is 69.5 Å². The first-order valence-corrected chi connectivity index (χ1v) is 12.9. The van der Waals surface area contributed by atoms with Crippen molar-refractivity contribution in [2.24, 2.45) is 11.1 Å². The van der Waals surface area contributed by atoms with Gasteiger partial charge in [-0.3, -0.25) is 9.69 Å². The third-order valence-corrected chi connectivity index (χ3v) is 8.59. The Bertz CT molecular complexity index is 1150. The van der Waals surface area contributed by atoms with Crippen LogP contribution in [0.2, 0.25) is 0 Å². The second kappa shape index (κ2) is 8.80. The van der Waals surface area contributed by atoms with Gasteiger partial charge in [-0.1, -0.05) is 45.9 Å². The number of Topliss-reactive ketones (excluding diaryl/α,β-unsaturated/α-hetero) is 1. The highest BCUT2D eigenvalue weighted by atomic mass is 32.2. The van der Waals surface area contributed by atoms with Gasteiger partial charge in [0, 0.05) is 28.3 Å². The second-order valence-electron chi connectivity index (χ2n) is 9.06. The summed E-state index contributed by atoms with van der Waals surface area (Å²) in [4.78, 5) is 16.9. The quantitative estimate of drug-likeness (QED) is 0.522. The molecule has 1 aliphatic carbocycles. The number of allylic oxidation sites excluding steroid dienone is 3. The zero-order chi connectivity index (χ0) is 23.0. The van der Waals surface area contributed by atoms with E-state index in [1.807, 2.05) is 35.2 Å². The molecule has 2 aromatic rings. The Balaban J connectivity index is 2.00. The summed E-state index contributed by atoms with van der Waals surface area (Å²) in [6, 6.07) is 14.4. The maximum atomic E-state index is 13.7. The molecule has 32 heavy (non-hydrogen) atoms. The first-order valence-electron chi connectivity index (χ1n) is 11.1. The molecule has 1 aromatic heterocycles. The fourth-order valence-electron chi connectivity index (χ4n) is 4.75. The van der Waals surface area contributed by atoms with E-state index >= 15 is 0 Å². The maximum absolute atomic E-state index is 13.7. The van der Waals surface area contributed by atoms with E-state index in [4.69, 9.17) is 5.73 Å². The van der Waals surface area contributed by atoms with Gasteiger partial charge in [-0.2, -0.15) is 5.26 Å². The minimum absolute atomic E-state index is 0.124. The van der Waals surface area contributed by atoms with Gasteiger partial charge in [0.25, 0.3) is 0 Å². The molecule has 0 radical (unpaired) electrons. The van der Waals surface area contributed by atoms with Crippen LogP contribution in [-0.2, 0) is 11.2 Å². The summed E-state index contributed by atoms with van der Waals surface area (Å²) in [6.45, 7) is 8.53. The molecule has 0 amide bonds. The van der Waals surface area contributed by atoms with Crippen LogP contribution in [0.5, 0.6) is 0 Å². The van der Waals surface area contributed by atoms with Crippen molar-refractivity contribution in [2.75, 3.05) is 10.7 Å². The lowest BCUT2D eigenvalue weighted by molar-refractivity contribution is -0.118. The molecule has 0 unspecified atom stereocenters. The number of rotatable bonds is 5. The first kappa shape index (κ1) is 22.7. The van der Waals surface area contributed by atoms with Gasteiger partial charge in [-0.05, 0) is 47.8 Å². The Kier molecular flexibility index (Phi) is 6.24. The molecular formula is C26H29N3OS2. The molecule has 1 aromatic carbocycles. The lowest BCUT2D eigenvalue weighted by Gasteiger charge is -2.43. The number of aryl methyl sites for hydroxylation is 1. The summed E-state index contributed by atoms with van der Waals surface area (Å²) in [5, 5.41) is 10.3. The van der Waals surface area contributed by atoms with E-state index in [1.165, 1.54) is 9.09 Å². The third-order valence-electron chi connectivity index (χ3n) is 6.11. The SMILES string of the molecule is CCSc1sc(CC)cc1[C@@H]1C(C#N)=C(N)N(c2ccccc2)C2=C1C(=O)CC(C)(C)C2. The Morgan fingerprint density at radius 1 is 1.25 bits per heavy atom. The number of nitrogens with two attached hydrogens (primary N) is 1. The van der Waals surface area contributed by atoms with Gasteiger partial charge in [0.2, 0.25) is 0 Å². The molecule has 0 spiro atoms. The number of nitriles is 1. The van der Waals surface area contributed by atoms with Crippen molar-refractivity contribution < 1.29 is 4.79 Å². The summed E-state index contributed by atoms with van der Waals surface area (Å²) >= 11 is 3.55. The summed E-state index contributed by atoms with van der Waals surface area (Å²) < 4.78 is 1.19. The molecule has 0 saturated carbocycles. The fourth-order valence-corrected chi connectivity index (χ4v) is 7.13. The Morgan fingerprint density at radius 2 is 1.97 bits per heavy atom. The summed E-state index contributed by atoms with van der Waals surface area (Å²) in [5.41, 5.74) is 10.7. The number of thioether (sulfide) groups is 1. The summed E-state index contributed by atoms with van der Waals surface area (Å²) in [7, 11) is 0. The van der Waals surface area contributed by atoms with E-state index in [-0.39, 0.29) is 11.2 Å². The van der Waals surface area contributed by atoms with Crippen LogP contribution < -0.4 is 10.6 Å². The predicted octanol–water partition coefficient (Wildman–Crippen LogP) is 6.36. The van der Waals surface area contributed by atoms with Crippen LogP contribution in [-0.4, -0.2) is 11.5 Å². The van der Waals surface area contributed by atoms with Crippen LogP contribution in [0.15, 0.2) is 63.3 Å². The average molecular weight is 464 g/mol. The van der Waals surface area contributed by atoms with Crippen molar-refractivity contribution in [1.82, 2.24) is 0 Å². The smallest absolute Gasteiger partial charge is 0.162 e. The molecular weight excluding hydrogens is 434 g/mol. The summed E-state index contributed by atoms with van der Waals surface area (Å²) in [5.74, 6) is 1.10. The third kappa shape index (κ3) is 3.89. The molecule has 1 atom stereocenters. The molecule has 2 aliphatic rings. The molecule has 0 bridgehead atoms. The molecule has 4 nitrogen and oxygen atoms in total. The van der Waals surface area contributed by atoms with Gasteiger partial charge >= 0.3 is 0 Å². The Labute approximate surface area is 198 Å². The lowest BCUT2D eigenvalue weighted by atomic mass is 9.69. The van der Waals surface area contributed by atoms with Gasteiger partial charge in [0.1, 0.15) is 5.82 Å². The number of para-hydroxylation sites is 1. The number of nitrogens with zero attached hydrogens (tertiary/aromatic N) is 2. The van der Waals surface area contributed by atoms with Gasteiger partial charge in [0.05, 0.1) is 21.8 Å². The molecule has 6 heteroatoms. The van der Waals surface area contributed by atoms with E-state index in [1.54, 1.807) is 23.1 Å². The highest BCUT2D eigenvalue weighted by Gasteiger charge is 2.45. The highest BCUT2D eigenvalue weighted by molar-refractivity contribution is 8.01. The number of hydrogen-bond donors (Lipinski definition) is 1. The van der Waals surface area contributed by atoms with Gasteiger partial charge < -0.3 is 5.73 Å². The molecule has 2 N–H and O–H groups in total. The monoisotopic (exact) mass is 463 g/mol. The number of carbonyl (C=O) groups excluding carboxylic acids is 1. The minimum Gasteiger partial charge on any atom is -0.384 e. The average Bonchev–Trinajstić information content (AvgIpc) is 3.15. The highest BCUT2D eigenvalue weighted by Crippen LogP contribution is 2.52.